The summed E-state index contributed by atoms with van der Waals surface area (Å²) < 4.78 is 71.0. The van der Waals surface area contributed by atoms with E-state index in [-0.39, 0.29) is 6.54 Å². The van der Waals surface area contributed by atoms with Gasteiger partial charge in [0, 0.05) is 24.5 Å². The van der Waals surface area contributed by atoms with Gasteiger partial charge in [0.25, 0.3) is 0 Å². The number of alkyl halides is 3. The molecule has 2 aromatic heterocycles. The summed E-state index contributed by atoms with van der Waals surface area (Å²) in [7, 11) is -4.18. The Balaban J connectivity index is 1.81. The fourth-order valence-electron chi connectivity index (χ4n) is 2.31. The molecular weight excluding hydrogens is 405 g/mol. The van der Waals surface area contributed by atoms with E-state index in [1.54, 1.807) is 24.4 Å². The van der Waals surface area contributed by atoms with E-state index in [0.717, 1.165) is 12.1 Å². The maximum atomic E-state index is 12.9. The Morgan fingerprint density at radius 1 is 1.15 bits per heavy atom. The molecule has 3 aromatic rings. The van der Waals surface area contributed by atoms with E-state index in [2.05, 4.69) is 9.71 Å². The van der Waals surface area contributed by atoms with Crippen LogP contribution in [0.5, 0.6) is 0 Å². The van der Waals surface area contributed by atoms with Gasteiger partial charge in [-0.2, -0.15) is 13.2 Å². The molecule has 2 heterocycles. The van der Waals surface area contributed by atoms with Gasteiger partial charge < -0.3 is 4.42 Å². The number of sulfonamides is 1. The van der Waals surface area contributed by atoms with Crippen LogP contribution in [0.4, 0.5) is 13.2 Å². The molecule has 0 radical (unpaired) electrons. The molecule has 0 unspecified atom stereocenters. The number of hydrogen-bond acceptors (Lipinski definition) is 4. The summed E-state index contributed by atoms with van der Waals surface area (Å²) in [5.41, 5.74) is -0.0615. The van der Waals surface area contributed by atoms with Crippen LogP contribution in [-0.2, 0) is 22.7 Å². The van der Waals surface area contributed by atoms with Gasteiger partial charge in [-0.1, -0.05) is 11.6 Å². The molecule has 10 heteroatoms. The maximum Gasteiger partial charge on any atom is 0.417 e. The number of halogens is 4. The van der Waals surface area contributed by atoms with Crippen LogP contribution in [0.1, 0.15) is 11.1 Å². The number of pyridine rings is 1. The third-order valence-corrected chi connectivity index (χ3v) is 5.35. The minimum Gasteiger partial charge on any atom is -0.464 e. The summed E-state index contributed by atoms with van der Waals surface area (Å²) in [5, 5.41) is -0.572. The van der Waals surface area contributed by atoms with E-state index in [1.165, 1.54) is 12.5 Å². The van der Waals surface area contributed by atoms with E-state index in [4.69, 9.17) is 16.0 Å². The fraction of sp³-hybridized carbons (Fsp3) is 0.118. The van der Waals surface area contributed by atoms with Crippen molar-refractivity contribution in [2.75, 3.05) is 0 Å². The molecule has 0 aliphatic heterocycles. The Bertz CT molecular complexity index is 1050. The van der Waals surface area contributed by atoms with Crippen molar-refractivity contribution >= 4 is 21.6 Å². The van der Waals surface area contributed by atoms with Gasteiger partial charge in [-0.25, -0.2) is 13.1 Å². The van der Waals surface area contributed by atoms with Crippen molar-refractivity contribution in [3.8, 4) is 11.3 Å². The lowest BCUT2D eigenvalue weighted by molar-refractivity contribution is -0.137. The van der Waals surface area contributed by atoms with E-state index in [0.29, 0.717) is 23.0 Å². The highest BCUT2D eigenvalue weighted by atomic mass is 35.5. The average molecular weight is 417 g/mol. The van der Waals surface area contributed by atoms with Gasteiger partial charge in [0.1, 0.15) is 5.76 Å². The van der Waals surface area contributed by atoms with Crippen LogP contribution in [-0.4, -0.2) is 13.4 Å². The van der Waals surface area contributed by atoms with Crippen molar-refractivity contribution in [1.29, 1.82) is 0 Å². The smallest absolute Gasteiger partial charge is 0.417 e. The van der Waals surface area contributed by atoms with Crippen LogP contribution >= 0.6 is 11.6 Å². The first kappa shape index (κ1) is 19.4. The first-order valence-electron chi connectivity index (χ1n) is 7.51. The minimum atomic E-state index is -4.76. The van der Waals surface area contributed by atoms with Gasteiger partial charge in [-0.05, 0) is 42.0 Å². The number of nitrogens with zero attached hydrogens (tertiary/aromatic N) is 1. The van der Waals surface area contributed by atoms with Gasteiger partial charge in [0.2, 0.25) is 10.0 Å². The highest BCUT2D eigenvalue weighted by Gasteiger charge is 2.34. The Hall–Kier alpha value is -2.36. The zero-order chi connectivity index (χ0) is 19.7. The predicted molar refractivity (Wildman–Crippen MR) is 92.4 cm³/mol. The van der Waals surface area contributed by atoms with Gasteiger partial charge in [-0.15, -0.1) is 0 Å². The van der Waals surface area contributed by atoms with Gasteiger partial charge in [0.05, 0.1) is 21.7 Å². The summed E-state index contributed by atoms with van der Waals surface area (Å²) in [6.45, 7) is -0.159. The highest BCUT2D eigenvalue weighted by Crippen LogP contribution is 2.35. The molecule has 0 spiro atoms. The number of rotatable bonds is 5. The van der Waals surface area contributed by atoms with E-state index < -0.39 is 31.7 Å². The van der Waals surface area contributed by atoms with Crippen LogP contribution in [0.25, 0.3) is 11.3 Å². The lowest BCUT2D eigenvalue weighted by Crippen LogP contribution is -2.24. The van der Waals surface area contributed by atoms with Crippen molar-refractivity contribution in [3.05, 3.63) is 71.2 Å². The van der Waals surface area contributed by atoms with Crippen molar-refractivity contribution in [2.45, 2.75) is 17.6 Å². The summed E-state index contributed by atoms with van der Waals surface area (Å²) >= 11 is 5.52. The Labute approximate surface area is 157 Å². The normalized spacial score (nSPS) is 12.3. The second kappa shape index (κ2) is 7.34. The summed E-state index contributed by atoms with van der Waals surface area (Å²) in [4.78, 5) is 3.48. The molecule has 0 bridgehead atoms. The number of nitrogens with one attached hydrogen (secondary N) is 1. The Kier molecular flexibility index (Phi) is 5.27. The first-order valence-corrected chi connectivity index (χ1v) is 9.37. The lowest BCUT2D eigenvalue weighted by atomic mass is 10.2. The van der Waals surface area contributed by atoms with E-state index in [9.17, 15) is 21.6 Å². The molecule has 0 atom stereocenters. The quantitative estimate of drug-likeness (QED) is 0.665. The van der Waals surface area contributed by atoms with Crippen LogP contribution in [0.3, 0.4) is 0 Å². The number of aromatic nitrogens is 1. The lowest BCUT2D eigenvalue weighted by Gasteiger charge is -2.12. The van der Waals surface area contributed by atoms with Crippen molar-refractivity contribution in [3.63, 3.8) is 0 Å². The molecule has 27 heavy (non-hydrogen) atoms. The molecular formula is C17H12ClF3N2O3S. The van der Waals surface area contributed by atoms with Gasteiger partial charge >= 0.3 is 6.18 Å². The van der Waals surface area contributed by atoms with E-state index >= 15 is 0 Å². The SMILES string of the molecule is O=S(=O)(NCc1cncc(-c2ccco2)c1)c1ccc(Cl)c(C(F)(F)F)c1. The monoisotopic (exact) mass is 416 g/mol. The molecule has 0 aliphatic carbocycles. The number of benzene rings is 1. The number of furan rings is 1. The molecule has 0 amide bonds. The molecule has 1 aromatic carbocycles. The highest BCUT2D eigenvalue weighted by molar-refractivity contribution is 7.89. The molecule has 5 nitrogen and oxygen atoms in total. The van der Waals surface area contributed by atoms with Crippen LogP contribution in [0.2, 0.25) is 5.02 Å². The topological polar surface area (TPSA) is 72.2 Å². The van der Waals surface area contributed by atoms with Crippen LogP contribution in [0.15, 0.2) is 64.4 Å². The largest absolute Gasteiger partial charge is 0.464 e. The Morgan fingerprint density at radius 2 is 1.93 bits per heavy atom. The standard InChI is InChI=1S/C17H12ClF3N2O3S/c18-15-4-3-13(7-14(15)17(19,20)21)27(24,25)23-9-11-6-12(10-22-8-11)16-2-1-5-26-16/h1-8,10,23H,9H2. The van der Waals surface area contributed by atoms with Gasteiger partial charge in [0.15, 0.2) is 0 Å². The van der Waals surface area contributed by atoms with Crippen molar-refractivity contribution in [1.82, 2.24) is 9.71 Å². The van der Waals surface area contributed by atoms with Crippen molar-refractivity contribution in [2.24, 2.45) is 0 Å². The summed E-state index contributed by atoms with van der Waals surface area (Å²) in [6, 6.07) is 7.50. The second-order valence-electron chi connectivity index (χ2n) is 5.52. The average Bonchev–Trinajstić information content (AvgIpc) is 3.14. The fourth-order valence-corrected chi connectivity index (χ4v) is 3.58. The molecule has 142 valence electrons. The zero-order valence-corrected chi connectivity index (χ0v) is 15.1. The van der Waals surface area contributed by atoms with Crippen LogP contribution in [0, 0.1) is 0 Å². The maximum absolute atomic E-state index is 12.9. The molecule has 0 aliphatic rings. The second-order valence-corrected chi connectivity index (χ2v) is 7.70. The van der Waals surface area contributed by atoms with Crippen molar-refractivity contribution < 1.29 is 26.0 Å². The summed E-state index contributed by atoms with van der Waals surface area (Å²) in [5.74, 6) is 0.555. The molecule has 0 saturated carbocycles. The first-order chi connectivity index (χ1) is 12.7. The minimum absolute atomic E-state index is 0.159. The predicted octanol–water partition coefficient (Wildman–Crippen LogP) is 4.49. The van der Waals surface area contributed by atoms with Crippen LogP contribution < -0.4 is 4.72 Å². The third-order valence-electron chi connectivity index (χ3n) is 3.62. The Morgan fingerprint density at radius 3 is 2.59 bits per heavy atom. The summed E-state index contributed by atoms with van der Waals surface area (Å²) in [6.07, 6.45) is -0.281. The number of hydrogen-bond donors (Lipinski definition) is 1. The molecule has 0 saturated heterocycles. The molecule has 0 fully saturated rings. The molecule has 3 rings (SSSR count). The molecule has 1 N–H and O–H groups in total. The van der Waals surface area contributed by atoms with E-state index in [1.807, 2.05) is 0 Å². The zero-order valence-electron chi connectivity index (χ0n) is 13.5. The van der Waals surface area contributed by atoms with Gasteiger partial charge in [-0.3, -0.25) is 4.98 Å². The third kappa shape index (κ3) is 4.49.